The maximum absolute atomic E-state index is 11.7. The summed E-state index contributed by atoms with van der Waals surface area (Å²) in [6.45, 7) is 0. The molecule has 0 fully saturated rings. The Kier molecular flexibility index (Phi) is 2.87. The molecule has 0 atom stereocenters. The lowest BCUT2D eigenvalue weighted by Crippen LogP contribution is -1.99. The standard InChI is InChI=1S/C13H9NO2/c15-12-6-3-9-14-13(16)8-7-10-4-1-2-5-11(10)12/h1-9H. The highest BCUT2D eigenvalue weighted by Gasteiger charge is 2.06. The monoisotopic (exact) mass is 211 g/mol. The average Bonchev–Trinajstić information content (AvgIpc) is 2.31. The molecule has 0 unspecified atom stereocenters. The van der Waals surface area contributed by atoms with E-state index in [1.807, 2.05) is 6.07 Å². The van der Waals surface area contributed by atoms with Crippen LogP contribution in [0.25, 0.3) is 6.08 Å². The largest absolute Gasteiger partial charge is 0.289 e. The number of allylic oxidation sites excluding steroid dienone is 2. The van der Waals surface area contributed by atoms with Gasteiger partial charge >= 0.3 is 0 Å². The molecule has 1 aliphatic rings. The predicted molar refractivity (Wildman–Crippen MR) is 62.4 cm³/mol. The van der Waals surface area contributed by atoms with Gasteiger partial charge in [0, 0.05) is 17.9 Å². The number of carbonyl (C=O) groups excluding carboxylic acids is 2. The molecule has 1 amide bonds. The molecule has 2 rings (SSSR count). The highest BCUT2D eigenvalue weighted by Crippen LogP contribution is 2.12. The van der Waals surface area contributed by atoms with E-state index in [4.69, 9.17) is 0 Å². The van der Waals surface area contributed by atoms with Crippen molar-refractivity contribution in [2.75, 3.05) is 0 Å². The molecule has 0 spiro atoms. The Hall–Kier alpha value is -2.29. The molecule has 0 radical (unpaired) electrons. The maximum Gasteiger partial charge on any atom is 0.269 e. The summed E-state index contributed by atoms with van der Waals surface area (Å²) >= 11 is 0. The van der Waals surface area contributed by atoms with Crippen LogP contribution in [0.3, 0.4) is 0 Å². The van der Waals surface area contributed by atoms with E-state index in [0.29, 0.717) is 5.56 Å². The molecule has 0 saturated heterocycles. The number of carbonyl (C=O) groups is 2. The van der Waals surface area contributed by atoms with Crippen LogP contribution < -0.4 is 0 Å². The predicted octanol–water partition coefficient (Wildman–Crippen LogP) is 2.05. The summed E-state index contributed by atoms with van der Waals surface area (Å²) in [6, 6.07) is 7.13. The van der Waals surface area contributed by atoms with Gasteiger partial charge in [0.15, 0.2) is 5.78 Å². The van der Waals surface area contributed by atoms with Gasteiger partial charge in [0.1, 0.15) is 0 Å². The summed E-state index contributed by atoms with van der Waals surface area (Å²) in [5, 5.41) is 0. The molecule has 1 heterocycles. The molecule has 3 nitrogen and oxygen atoms in total. The summed E-state index contributed by atoms with van der Waals surface area (Å²) in [6.07, 6.45) is 7.14. The highest BCUT2D eigenvalue weighted by atomic mass is 16.1. The molecule has 1 aromatic rings. The molecule has 1 aromatic carbocycles. The molecule has 1 aliphatic heterocycles. The van der Waals surface area contributed by atoms with Gasteiger partial charge in [-0.2, -0.15) is 0 Å². The summed E-state index contributed by atoms with van der Waals surface area (Å²) in [4.78, 5) is 26.5. The Morgan fingerprint density at radius 2 is 1.75 bits per heavy atom. The third-order valence-corrected chi connectivity index (χ3v) is 2.17. The SMILES string of the molecule is O=C1C=Cc2ccccc2C(=O)C=CC=N1. The number of aliphatic imine (C=N–C) groups is 1. The Morgan fingerprint density at radius 3 is 2.62 bits per heavy atom. The highest BCUT2D eigenvalue weighted by molar-refractivity contribution is 6.10. The van der Waals surface area contributed by atoms with Crippen LogP contribution in [0.5, 0.6) is 0 Å². The Bertz CT molecular complexity index is 524. The fourth-order valence-corrected chi connectivity index (χ4v) is 1.41. The van der Waals surface area contributed by atoms with E-state index in [9.17, 15) is 9.59 Å². The van der Waals surface area contributed by atoms with Crippen LogP contribution in [-0.4, -0.2) is 17.9 Å². The second kappa shape index (κ2) is 4.49. The summed E-state index contributed by atoms with van der Waals surface area (Å²) in [7, 11) is 0. The number of rotatable bonds is 0. The number of nitrogens with zero attached hydrogens (tertiary/aromatic N) is 1. The van der Waals surface area contributed by atoms with Gasteiger partial charge in [-0.1, -0.05) is 24.3 Å². The van der Waals surface area contributed by atoms with Crippen molar-refractivity contribution in [3.8, 4) is 0 Å². The minimum atomic E-state index is -0.339. The Morgan fingerprint density at radius 1 is 0.938 bits per heavy atom. The second-order valence-corrected chi connectivity index (χ2v) is 3.26. The van der Waals surface area contributed by atoms with E-state index in [1.165, 1.54) is 24.4 Å². The van der Waals surface area contributed by atoms with Gasteiger partial charge in [-0.15, -0.1) is 0 Å². The first-order valence-electron chi connectivity index (χ1n) is 4.83. The van der Waals surface area contributed by atoms with Crippen LogP contribution in [0.2, 0.25) is 0 Å². The van der Waals surface area contributed by atoms with Crippen LogP contribution in [-0.2, 0) is 4.79 Å². The molecule has 0 N–H and O–H groups in total. The fourth-order valence-electron chi connectivity index (χ4n) is 1.41. The van der Waals surface area contributed by atoms with Crippen molar-refractivity contribution in [2.45, 2.75) is 0 Å². The molecule has 78 valence electrons. The molecular weight excluding hydrogens is 202 g/mol. The first-order valence-corrected chi connectivity index (χ1v) is 4.83. The zero-order valence-corrected chi connectivity index (χ0v) is 8.46. The molecule has 0 aromatic heterocycles. The van der Waals surface area contributed by atoms with Gasteiger partial charge in [-0.3, -0.25) is 9.59 Å². The van der Waals surface area contributed by atoms with E-state index >= 15 is 0 Å². The van der Waals surface area contributed by atoms with Gasteiger partial charge < -0.3 is 0 Å². The first-order chi connectivity index (χ1) is 7.77. The zero-order chi connectivity index (χ0) is 11.4. The Labute approximate surface area is 92.8 Å². The molecule has 0 aliphatic carbocycles. The van der Waals surface area contributed by atoms with Crippen LogP contribution in [0, 0.1) is 0 Å². The zero-order valence-electron chi connectivity index (χ0n) is 8.46. The van der Waals surface area contributed by atoms with E-state index in [-0.39, 0.29) is 11.7 Å². The quantitative estimate of drug-likeness (QED) is 0.659. The third-order valence-electron chi connectivity index (χ3n) is 2.17. The van der Waals surface area contributed by atoms with Gasteiger partial charge in [-0.25, -0.2) is 4.99 Å². The van der Waals surface area contributed by atoms with Crippen molar-refractivity contribution in [3.63, 3.8) is 0 Å². The lowest BCUT2D eigenvalue weighted by Gasteiger charge is -2.01. The van der Waals surface area contributed by atoms with E-state index < -0.39 is 0 Å². The van der Waals surface area contributed by atoms with Crippen LogP contribution >= 0.6 is 0 Å². The molecule has 0 bridgehead atoms. The minimum Gasteiger partial charge on any atom is -0.289 e. The van der Waals surface area contributed by atoms with Crippen molar-refractivity contribution in [3.05, 3.63) is 53.6 Å². The van der Waals surface area contributed by atoms with Crippen molar-refractivity contribution in [2.24, 2.45) is 4.99 Å². The topological polar surface area (TPSA) is 46.5 Å². The smallest absolute Gasteiger partial charge is 0.269 e. The normalized spacial score (nSPS) is 15.0. The lowest BCUT2D eigenvalue weighted by molar-refractivity contribution is -0.113. The van der Waals surface area contributed by atoms with Gasteiger partial charge in [0.05, 0.1) is 0 Å². The number of amides is 1. The van der Waals surface area contributed by atoms with Crippen molar-refractivity contribution >= 4 is 24.0 Å². The first kappa shape index (κ1) is 10.2. The summed E-state index contributed by atoms with van der Waals surface area (Å²) in [5.74, 6) is -0.435. The number of hydrogen-bond donors (Lipinski definition) is 0. The van der Waals surface area contributed by atoms with E-state index in [2.05, 4.69) is 4.99 Å². The number of fused-ring (bicyclic) bond motifs is 1. The van der Waals surface area contributed by atoms with Gasteiger partial charge in [-0.05, 0) is 23.8 Å². The Balaban J connectivity index is 2.54. The summed E-state index contributed by atoms with van der Waals surface area (Å²) < 4.78 is 0. The maximum atomic E-state index is 11.7. The molecule has 16 heavy (non-hydrogen) atoms. The third kappa shape index (κ3) is 2.20. The second-order valence-electron chi connectivity index (χ2n) is 3.26. The van der Waals surface area contributed by atoms with E-state index in [0.717, 1.165) is 5.56 Å². The minimum absolute atomic E-state index is 0.0963. The van der Waals surface area contributed by atoms with Crippen molar-refractivity contribution in [1.29, 1.82) is 0 Å². The van der Waals surface area contributed by atoms with Gasteiger partial charge in [0.2, 0.25) is 0 Å². The van der Waals surface area contributed by atoms with Crippen LogP contribution in [0.15, 0.2) is 47.5 Å². The molecule has 0 saturated carbocycles. The lowest BCUT2D eigenvalue weighted by atomic mass is 10.0. The van der Waals surface area contributed by atoms with Crippen LogP contribution in [0.4, 0.5) is 0 Å². The van der Waals surface area contributed by atoms with E-state index in [1.54, 1.807) is 24.3 Å². The molecular formula is C13H9NO2. The average molecular weight is 211 g/mol. The van der Waals surface area contributed by atoms with Crippen molar-refractivity contribution < 1.29 is 9.59 Å². The molecule has 3 heteroatoms. The van der Waals surface area contributed by atoms with Gasteiger partial charge in [0.25, 0.3) is 5.91 Å². The number of ketones is 1. The number of hydrogen-bond acceptors (Lipinski definition) is 2. The summed E-state index contributed by atoms with van der Waals surface area (Å²) in [5.41, 5.74) is 1.31. The van der Waals surface area contributed by atoms with Crippen LogP contribution in [0.1, 0.15) is 15.9 Å². The van der Waals surface area contributed by atoms with Crippen molar-refractivity contribution in [1.82, 2.24) is 0 Å². The number of benzene rings is 1. The fraction of sp³-hybridized carbons (Fsp3) is 0.